The summed E-state index contributed by atoms with van der Waals surface area (Å²) in [5, 5.41) is 7.61. The molecule has 0 bridgehead atoms. The summed E-state index contributed by atoms with van der Waals surface area (Å²) in [5.41, 5.74) is 6.92. The van der Waals surface area contributed by atoms with Crippen LogP contribution in [-0.4, -0.2) is 170 Å². The van der Waals surface area contributed by atoms with Gasteiger partial charge in [0.15, 0.2) is 0 Å². The summed E-state index contributed by atoms with van der Waals surface area (Å²) in [6, 6.07) is 43.7. The standard InChI is InChI=1S/C32H24N2O10S2.C26H25N3O8S2.C25H22N2O9S2/c1-17-4-8-22(20(12-17)16-45(39,40)41)23-11-7-21(15-28(23)46(42,43)44-3)34-31(37)25-10-6-19(14-27(25)32(34)38)18-5-9-24-26(13-18)30(36)33(2)29(24)35;1-15-4-7-20(18(10-15)14-38(32,33)34)21-8-6-19(13-24(21)39(35,36)37-3)28-26(31)23-12-17-11-16(25(30)27-2)5-9-22(17)29-23;1-14-4-7-18(16(10-14)13-37(31,32)33)19-9-6-17(12-22(19)38(34,35)36-3)27-24(29)20-8-5-15(23(28)26-2)11-21(20)25(27)30/h4-15H,16H2,1-3H3,(H,39,40,41);4-11,13H,12,14H2,1-3H3,(H,27,30)(H,28,31)(H,32,33,34);4-12H,13H2,1-3H3,(H,26,28)(H,31,32,33). The molecule has 4 aliphatic rings. The Morgan fingerprint density at radius 2 is 0.707 bits per heavy atom. The van der Waals surface area contributed by atoms with Crippen LogP contribution in [0.4, 0.5) is 22.7 Å². The number of carbonyl (C=O) groups is 9. The maximum Gasteiger partial charge on any atom is 0.297 e. The molecule has 0 saturated carbocycles. The number of amides is 9. The van der Waals surface area contributed by atoms with Gasteiger partial charge < -0.3 is 16.0 Å². The van der Waals surface area contributed by atoms with Crippen LogP contribution in [-0.2, 0) is 102 Å². The second-order valence-electron chi connectivity index (χ2n) is 28.1. The molecular weight excluding hydrogens is 1720 g/mol. The first-order chi connectivity index (χ1) is 57.7. The fourth-order valence-electron chi connectivity index (χ4n) is 14.1. The molecule has 0 unspecified atom stereocenters. The molecule has 34 nitrogen and oxygen atoms in total. The fraction of sp³-hybridized carbons (Fsp3) is 0.157. The summed E-state index contributed by atoms with van der Waals surface area (Å²) < 4.78 is 190. The Labute approximate surface area is 704 Å². The minimum absolute atomic E-state index is 0.0229. The van der Waals surface area contributed by atoms with Crippen LogP contribution in [0.3, 0.4) is 0 Å². The van der Waals surface area contributed by atoms with Crippen molar-refractivity contribution in [2.75, 3.05) is 57.6 Å². The Balaban J connectivity index is 0.000000170. The van der Waals surface area contributed by atoms with Crippen molar-refractivity contribution in [3.8, 4) is 44.5 Å². The van der Waals surface area contributed by atoms with Gasteiger partial charge in [0.05, 0.1) is 71.8 Å². The summed E-state index contributed by atoms with van der Waals surface area (Å²) in [6.45, 7) is 5.13. The van der Waals surface area contributed by atoms with Crippen molar-refractivity contribution >= 4 is 142 Å². The van der Waals surface area contributed by atoms with E-state index in [-0.39, 0.29) is 129 Å². The van der Waals surface area contributed by atoms with E-state index in [9.17, 15) is 107 Å². The molecule has 14 rings (SSSR count). The number of rotatable bonds is 22. The third-order valence-corrected chi connectivity index (χ3v) is 25.9. The van der Waals surface area contributed by atoms with Gasteiger partial charge in [0.1, 0.15) is 37.7 Å². The van der Waals surface area contributed by atoms with E-state index in [0.717, 1.165) is 48.2 Å². The zero-order valence-corrected chi connectivity index (χ0v) is 70.9. The van der Waals surface area contributed by atoms with Gasteiger partial charge in [0.25, 0.3) is 114 Å². The van der Waals surface area contributed by atoms with E-state index < -0.39 is 135 Å². The number of fused-ring (bicyclic) bond motifs is 4. The molecule has 123 heavy (non-hydrogen) atoms. The van der Waals surface area contributed by atoms with Crippen LogP contribution in [0, 0.1) is 20.8 Å². The first kappa shape index (κ1) is 89.4. The number of aryl methyl sites for hydroxylation is 3. The molecule has 0 aromatic heterocycles. The molecule has 10 aromatic carbocycles. The first-order valence-electron chi connectivity index (χ1n) is 36.2. The maximum absolute atomic E-state index is 13.7. The molecule has 0 saturated heterocycles. The second-order valence-corrected chi connectivity index (χ2v) is 37.5. The lowest BCUT2D eigenvalue weighted by atomic mass is 9.97. The minimum atomic E-state index is -4.49. The molecule has 0 fully saturated rings. The lowest BCUT2D eigenvalue weighted by Gasteiger charge is -2.18. The van der Waals surface area contributed by atoms with Crippen LogP contribution in [0.15, 0.2) is 202 Å². The summed E-state index contributed by atoms with van der Waals surface area (Å²) in [5.74, 6) is -7.37. The molecule has 4 heterocycles. The predicted octanol–water partition coefficient (Wildman–Crippen LogP) is 9.64. The van der Waals surface area contributed by atoms with Gasteiger partial charge in [-0.15, -0.1) is 0 Å². The van der Waals surface area contributed by atoms with Crippen LogP contribution in [0.25, 0.3) is 44.5 Å². The molecule has 6 N–H and O–H groups in total. The zero-order chi connectivity index (χ0) is 89.8. The van der Waals surface area contributed by atoms with E-state index in [1.807, 2.05) is 0 Å². The normalized spacial score (nSPS) is 13.8. The molecule has 0 aliphatic carbocycles. The summed E-state index contributed by atoms with van der Waals surface area (Å²) >= 11 is 0. The number of aliphatic imine (C=N–C) groups is 1. The number of nitrogens with one attached hydrogen (secondary N) is 3. The first-order valence-corrected chi connectivity index (χ1v) is 45.2. The average Bonchev–Trinajstić information content (AvgIpc) is 1.63. The van der Waals surface area contributed by atoms with E-state index in [2.05, 4.69) is 20.9 Å². The van der Waals surface area contributed by atoms with Crippen molar-refractivity contribution in [2.45, 2.75) is 59.1 Å². The van der Waals surface area contributed by atoms with Gasteiger partial charge in [-0.1, -0.05) is 102 Å². The molecular formula is C83H71N7O27S6. The molecule has 636 valence electrons. The van der Waals surface area contributed by atoms with Crippen LogP contribution < -0.4 is 25.8 Å². The molecule has 0 radical (unpaired) electrons. The molecule has 0 spiro atoms. The van der Waals surface area contributed by atoms with E-state index >= 15 is 0 Å². The monoisotopic (exact) mass is 1790 g/mol. The maximum atomic E-state index is 13.7. The van der Waals surface area contributed by atoms with Gasteiger partial charge in [-0.05, 0) is 168 Å². The van der Waals surface area contributed by atoms with E-state index in [1.54, 1.807) is 81.4 Å². The SMILES string of the molecule is CNC(=O)c1ccc2c(c1)C(=O)N(c1ccc(-c3ccc(C)cc3CS(=O)(=O)O)c(S(=O)(=O)OC)c1)C2=O.CNC(=O)c1ccc2c(c1)CC(C(=O)Nc1ccc(-c3ccc(C)cc3CS(=O)(=O)O)c(S(=O)(=O)OC)c1)=N2.COS(=O)(=O)c1cc(N2C(=O)c3ccc(-c4ccc5c(c4)C(=O)N(C)C5=O)cc3C2=O)ccc1-c1ccc(C)cc1CS(=O)(=O)O. The molecule has 10 aromatic rings. The van der Waals surface area contributed by atoms with Gasteiger partial charge in [-0.3, -0.25) is 74.3 Å². The number of imide groups is 3. The van der Waals surface area contributed by atoms with Gasteiger partial charge in [-0.2, -0.15) is 50.5 Å². The Bertz CT molecular complexity index is 7070. The van der Waals surface area contributed by atoms with Crippen molar-refractivity contribution in [3.05, 3.63) is 265 Å². The summed E-state index contributed by atoms with van der Waals surface area (Å²) in [7, 11) is -19.4. The third kappa shape index (κ3) is 18.7. The van der Waals surface area contributed by atoms with Crippen LogP contribution in [0.1, 0.15) is 122 Å². The number of hydrogen-bond donors (Lipinski definition) is 6. The number of nitrogens with zero attached hydrogens (tertiary/aromatic N) is 4. The van der Waals surface area contributed by atoms with Crippen molar-refractivity contribution in [1.29, 1.82) is 0 Å². The van der Waals surface area contributed by atoms with Gasteiger partial charge in [-0.25, -0.2) is 14.8 Å². The highest BCUT2D eigenvalue weighted by molar-refractivity contribution is 7.87. The summed E-state index contributed by atoms with van der Waals surface area (Å²) in [4.78, 5) is 121. The van der Waals surface area contributed by atoms with Gasteiger partial charge in [0.2, 0.25) is 0 Å². The van der Waals surface area contributed by atoms with E-state index in [0.29, 0.717) is 44.6 Å². The van der Waals surface area contributed by atoms with E-state index in [1.165, 1.54) is 130 Å². The highest BCUT2D eigenvalue weighted by Crippen LogP contribution is 2.43. The Kier molecular flexibility index (Phi) is 24.9. The van der Waals surface area contributed by atoms with Crippen LogP contribution >= 0.6 is 0 Å². The Morgan fingerprint density at radius 1 is 0.374 bits per heavy atom. The highest BCUT2D eigenvalue weighted by atomic mass is 32.2. The number of hydrogen-bond acceptors (Lipinski definition) is 25. The molecule has 40 heteroatoms. The van der Waals surface area contributed by atoms with Crippen LogP contribution in [0.2, 0.25) is 0 Å². The Hall–Kier alpha value is -12.8. The summed E-state index contributed by atoms with van der Waals surface area (Å²) in [6.07, 6.45) is 0.176. The van der Waals surface area contributed by atoms with Gasteiger partial charge in [0, 0.05) is 61.1 Å². The lowest BCUT2D eigenvalue weighted by molar-refractivity contribution is -0.110. The number of carbonyl (C=O) groups excluding carboxylic acids is 9. The number of benzene rings is 10. The fourth-order valence-corrected chi connectivity index (χ4v) is 18.7. The minimum Gasteiger partial charge on any atom is -0.355 e. The highest BCUT2D eigenvalue weighted by Gasteiger charge is 2.41. The topological polar surface area (TPSA) is 505 Å². The zero-order valence-electron chi connectivity index (χ0n) is 66.0. The van der Waals surface area contributed by atoms with E-state index in [4.69, 9.17) is 12.5 Å². The second kappa shape index (κ2) is 34.2. The largest absolute Gasteiger partial charge is 0.355 e. The lowest BCUT2D eigenvalue weighted by Crippen LogP contribution is -2.29. The molecule has 4 aliphatic heterocycles. The van der Waals surface area contributed by atoms with Crippen molar-refractivity contribution < 1.29 is 120 Å². The smallest absolute Gasteiger partial charge is 0.297 e. The van der Waals surface area contributed by atoms with Crippen molar-refractivity contribution in [1.82, 2.24) is 15.5 Å². The van der Waals surface area contributed by atoms with Crippen molar-refractivity contribution in [2.24, 2.45) is 4.99 Å². The number of anilines is 3. The van der Waals surface area contributed by atoms with Gasteiger partial charge >= 0.3 is 0 Å². The van der Waals surface area contributed by atoms with Crippen LogP contribution in [0.5, 0.6) is 0 Å². The average molecular weight is 1790 g/mol. The molecule has 0 atom stereocenters. The van der Waals surface area contributed by atoms with Crippen molar-refractivity contribution in [3.63, 3.8) is 0 Å². The quantitative estimate of drug-likeness (QED) is 0.0209. The third-order valence-electron chi connectivity index (χ3n) is 19.9. The predicted molar refractivity (Wildman–Crippen MR) is 448 cm³/mol. The molecule has 9 amide bonds. The Morgan fingerprint density at radius 3 is 1.11 bits per heavy atom.